The Balaban J connectivity index is 2.19. The number of anilines is 4. The van der Waals surface area contributed by atoms with Gasteiger partial charge in [0.15, 0.2) is 11.6 Å². The van der Waals surface area contributed by atoms with Gasteiger partial charge in [-0.15, -0.1) is 0 Å². The lowest BCUT2D eigenvalue weighted by Gasteiger charge is -2.20. The van der Waals surface area contributed by atoms with Crippen LogP contribution in [-0.4, -0.2) is 23.6 Å². The Labute approximate surface area is 130 Å². The summed E-state index contributed by atoms with van der Waals surface area (Å²) < 4.78 is 0. The number of nitrogens with one attached hydrogen (secondary N) is 1. The summed E-state index contributed by atoms with van der Waals surface area (Å²) in [6.07, 6.45) is 3.75. The second-order valence-electron chi connectivity index (χ2n) is 4.87. The first-order valence-corrected chi connectivity index (χ1v) is 7.33. The summed E-state index contributed by atoms with van der Waals surface area (Å²) in [4.78, 5) is 10.5. The van der Waals surface area contributed by atoms with E-state index in [0.29, 0.717) is 16.5 Å². The fraction of sp³-hybridized carbons (Fsp3) is 0.333. The molecule has 0 amide bonds. The number of benzene rings is 1. The van der Waals surface area contributed by atoms with Crippen LogP contribution < -0.4 is 16.0 Å². The van der Waals surface area contributed by atoms with Crippen molar-refractivity contribution in [2.45, 2.75) is 19.8 Å². The molecule has 0 bridgehead atoms. The second-order valence-corrected chi connectivity index (χ2v) is 5.30. The van der Waals surface area contributed by atoms with E-state index in [0.717, 1.165) is 30.9 Å². The fourth-order valence-electron chi connectivity index (χ4n) is 1.96. The smallest absolute Gasteiger partial charge is 0.159 e. The van der Waals surface area contributed by atoms with Gasteiger partial charge in [0.1, 0.15) is 12.0 Å². The number of aromatic nitrogens is 2. The third kappa shape index (κ3) is 3.98. The van der Waals surface area contributed by atoms with E-state index in [1.165, 1.54) is 6.33 Å². The molecule has 0 atom stereocenters. The predicted octanol–water partition coefficient (Wildman–Crippen LogP) is 3.69. The van der Waals surface area contributed by atoms with E-state index in [4.69, 9.17) is 17.3 Å². The molecule has 1 aromatic heterocycles. The number of unbranched alkanes of at least 4 members (excludes halogenated alkanes) is 1. The average molecular weight is 306 g/mol. The van der Waals surface area contributed by atoms with Gasteiger partial charge in [-0.25, -0.2) is 9.97 Å². The highest BCUT2D eigenvalue weighted by molar-refractivity contribution is 6.30. The molecular weight excluding hydrogens is 286 g/mol. The summed E-state index contributed by atoms with van der Waals surface area (Å²) in [5.41, 5.74) is 7.61. The Morgan fingerprint density at radius 2 is 1.95 bits per heavy atom. The maximum Gasteiger partial charge on any atom is 0.159 e. The Morgan fingerprint density at radius 1 is 1.24 bits per heavy atom. The number of hydrogen-bond donors (Lipinski definition) is 2. The molecule has 0 aliphatic heterocycles. The first-order valence-electron chi connectivity index (χ1n) is 6.96. The van der Waals surface area contributed by atoms with Gasteiger partial charge in [-0.1, -0.05) is 24.9 Å². The van der Waals surface area contributed by atoms with Gasteiger partial charge in [0.2, 0.25) is 0 Å². The van der Waals surface area contributed by atoms with Crippen molar-refractivity contribution >= 4 is 34.6 Å². The van der Waals surface area contributed by atoms with Crippen LogP contribution in [0.5, 0.6) is 0 Å². The number of nitrogen functional groups attached to an aromatic ring is 1. The molecule has 0 saturated carbocycles. The third-order valence-electron chi connectivity index (χ3n) is 3.18. The van der Waals surface area contributed by atoms with Gasteiger partial charge in [0.05, 0.1) is 0 Å². The molecule has 0 radical (unpaired) electrons. The molecule has 6 heteroatoms. The van der Waals surface area contributed by atoms with Gasteiger partial charge < -0.3 is 16.0 Å². The van der Waals surface area contributed by atoms with Gasteiger partial charge in [0.25, 0.3) is 0 Å². The van der Waals surface area contributed by atoms with E-state index in [1.54, 1.807) is 0 Å². The van der Waals surface area contributed by atoms with E-state index in [2.05, 4.69) is 22.2 Å². The largest absolute Gasteiger partial charge is 0.393 e. The Morgan fingerprint density at radius 3 is 2.62 bits per heavy atom. The summed E-state index contributed by atoms with van der Waals surface area (Å²) in [5.74, 6) is 1.35. The maximum absolute atomic E-state index is 6.18. The van der Waals surface area contributed by atoms with E-state index in [1.807, 2.05) is 36.2 Å². The molecule has 0 aliphatic carbocycles. The van der Waals surface area contributed by atoms with Crippen LogP contribution in [-0.2, 0) is 0 Å². The van der Waals surface area contributed by atoms with Crippen LogP contribution in [0.1, 0.15) is 19.8 Å². The minimum atomic E-state index is 0.547. The second kappa shape index (κ2) is 7.13. The van der Waals surface area contributed by atoms with Crippen LogP contribution in [0, 0.1) is 0 Å². The van der Waals surface area contributed by atoms with Crippen LogP contribution in [0.4, 0.5) is 23.0 Å². The van der Waals surface area contributed by atoms with Crippen molar-refractivity contribution in [3.63, 3.8) is 0 Å². The standard InChI is InChI=1S/C15H20ClN5/c1-3-4-9-21(2)15-13(17)14(18-10-19-15)20-12-7-5-11(16)6-8-12/h5-8,10H,3-4,9,17H2,1-2H3,(H,18,19,20). The van der Waals surface area contributed by atoms with Crippen LogP contribution >= 0.6 is 11.6 Å². The first kappa shape index (κ1) is 15.4. The number of nitrogens with zero attached hydrogens (tertiary/aromatic N) is 3. The van der Waals surface area contributed by atoms with Crippen LogP contribution in [0.2, 0.25) is 5.02 Å². The quantitative estimate of drug-likeness (QED) is 0.852. The van der Waals surface area contributed by atoms with Gasteiger partial charge in [-0.3, -0.25) is 0 Å². The lowest BCUT2D eigenvalue weighted by molar-refractivity contribution is 0.759. The van der Waals surface area contributed by atoms with Crippen molar-refractivity contribution in [1.29, 1.82) is 0 Å². The van der Waals surface area contributed by atoms with E-state index in [-0.39, 0.29) is 0 Å². The molecule has 0 unspecified atom stereocenters. The van der Waals surface area contributed by atoms with Gasteiger partial charge >= 0.3 is 0 Å². The number of nitrogens with two attached hydrogens (primary N) is 1. The zero-order valence-electron chi connectivity index (χ0n) is 12.3. The number of rotatable bonds is 6. The Hall–Kier alpha value is -2.01. The third-order valence-corrected chi connectivity index (χ3v) is 3.43. The lowest BCUT2D eigenvalue weighted by atomic mass is 10.3. The van der Waals surface area contributed by atoms with Crippen molar-refractivity contribution in [3.05, 3.63) is 35.6 Å². The molecule has 112 valence electrons. The monoisotopic (exact) mass is 305 g/mol. The molecule has 0 saturated heterocycles. The molecule has 0 aliphatic rings. The summed E-state index contributed by atoms with van der Waals surface area (Å²) >= 11 is 5.88. The van der Waals surface area contributed by atoms with Crippen LogP contribution in [0.15, 0.2) is 30.6 Å². The molecule has 1 heterocycles. The topological polar surface area (TPSA) is 67.1 Å². The SMILES string of the molecule is CCCCN(C)c1ncnc(Nc2ccc(Cl)cc2)c1N. The van der Waals surface area contributed by atoms with Crippen LogP contribution in [0.3, 0.4) is 0 Å². The zero-order chi connectivity index (χ0) is 15.2. The van der Waals surface area contributed by atoms with Crippen molar-refractivity contribution < 1.29 is 0 Å². The summed E-state index contributed by atoms with van der Waals surface area (Å²) in [6.45, 7) is 3.07. The first-order chi connectivity index (χ1) is 10.1. The summed E-state index contributed by atoms with van der Waals surface area (Å²) in [7, 11) is 1.99. The highest BCUT2D eigenvalue weighted by Crippen LogP contribution is 2.28. The lowest BCUT2D eigenvalue weighted by Crippen LogP contribution is -2.21. The molecule has 1 aromatic carbocycles. The average Bonchev–Trinajstić information content (AvgIpc) is 2.49. The number of halogens is 1. The van der Waals surface area contributed by atoms with Crippen molar-refractivity contribution in [2.24, 2.45) is 0 Å². The molecule has 0 spiro atoms. The molecule has 21 heavy (non-hydrogen) atoms. The molecule has 0 fully saturated rings. The minimum Gasteiger partial charge on any atom is -0.393 e. The van der Waals surface area contributed by atoms with Gasteiger partial charge in [0, 0.05) is 24.3 Å². The molecule has 2 rings (SSSR count). The maximum atomic E-state index is 6.18. The minimum absolute atomic E-state index is 0.547. The predicted molar refractivity (Wildman–Crippen MR) is 89.4 cm³/mol. The van der Waals surface area contributed by atoms with Crippen LogP contribution in [0.25, 0.3) is 0 Å². The van der Waals surface area contributed by atoms with E-state index < -0.39 is 0 Å². The molecule has 3 N–H and O–H groups in total. The van der Waals surface area contributed by atoms with Crippen molar-refractivity contribution in [3.8, 4) is 0 Å². The molecule has 2 aromatic rings. The highest BCUT2D eigenvalue weighted by Gasteiger charge is 2.11. The normalized spacial score (nSPS) is 10.4. The molecular formula is C15H20ClN5. The van der Waals surface area contributed by atoms with E-state index >= 15 is 0 Å². The van der Waals surface area contributed by atoms with Crippen molar-refractivity contribution in [1.82, 2.24) is 9.97 Å². The Bertz CT molecular complexity index is 585. The summed E-state index contributed by atoms with van der Waals surface area (Å²) in [5, 5.41) is 3.88. The highest BCUT2D eigenvalue weighted by atomic mass is 35.5. The van der Waals surface area contributed by atoms with Crippen molar-refractivity contribution in [2.75, 3.05) is 29.5 Å². The molecule has 5 nitrogen and oxygen atoms in total. The Kier molecular flexibility index (Phi) is 5.22. The van der Waals surface area contributed by atoms with Gasteiger partial charge in [-0.2, -0.15) is 0 Å². The fourth-order valence-corrected chi connectivity index (χ4v) is 2.09. The zero-order valence-corrected chi connectivity index (χ0v) is 13.1. The van der Waals surface area contributed by atoms with E-state index in [9.17, 15) is 0 Å². The van der Waals surface area contributed by atoms with Gasteiger partial charge in [-0.05, 0) is 30.7 Å². The summed E-state index contributed by atoms with van der Waals surface area (Å²) in [6, 6.07) is 7.39. The number of hydrogen-bond acceptors (Lipinski definition) is 5.